The van der Waals surface area contributed by atoms with E-state index in [9.17, 15) is 9.59 Å². The van der Waals surface area contributed by atoms with E-state index >= 15 is 0 Å². The van der Waals surface area contributed by atoms with Crippen molar-refractivity contribution in [2.45, 2.75) is 31.8 Å². The number of benzene rings is 1. The molecule has 0 radical (unpaired) electrons. The molecular formula is C16H18ClNO4. The third-order valence-corrected chi connectivity index (χ3v) is 4.49. The summed E-state index contributed by atoms with van der Waals surface area (Å²) in [7, 11) is 0. The molecule has 1 spiro atoms. The van der Waals surface area contributed by atoms with Crippen molar-refractivity contribution in [3.63, 3.8) is 0 Å². The first-order valence-electron chi connectivity index (χ1n) is 7.46. The summed E-state index contributed by atoms with van der Waals surface area (Å²) in [6, 6.07) is 5.12. The average molecular weight is 324 g/mol. The molecule has 0 atom stereocenters. The van der Waals surface area contributed by atoms with E-state index in [2.05, 4.69) is 0 Å². The molecule has 118 valence electrons. The summed E-state index contributed by atoms with van der Waals surface area (Å²) >= 11 is 5.94. The van der Waals surface area contributed by atoms with Crippen LogP contribution in [0.1, 0.15) is 36.5 Å². The zero-order valence-corrected chi connectivity index (χ0v) is 13.2. The number of amides is 1. The van der Waals surface area contributed by atoms with E-state index in [-0.39, 0.29) is 11.9 Å². The highest BCUT2D eigenvalue weighted by Gasteiger charge is 2.43. The minimum Gasteiger partial charge on any atom is -0.486 e. The van der Waals surface area contributed by atoms with Gasteiger partial charge in [0.1, 0.15) is 11.4 Å². The highest BCUT2D eigenvalue weighted by atomic mass is 35.5. The lowest BCUT2D eigenvalue weighted by Crippen LogP contribution is -2.52. The fourth-order valence-electron chi connectivity index (χ4n) is 3.06. The van der Waals surface area contributed by atoms with E-state index in [1.54, 1.807) is 30.0 Å². The smallest absolute Gasteiger partial charge is 0.409 e. The summed E-state index contributed by atoms with van der Waals surface area (Å²) in [5.41, 5.74) is 0.0342. The number of ether oxygens (including phenoxy) is 2. The molecule has 1 fully saturated rings. The largest absolute Gasteiger partial charge is 0.486 e. The molecule has 2 aliphatic rings. The summed E-state index contributed by atoms with van der Waals surface area (Å²) in [6.45, 7) is 3.22. The molecule has 0 aromatic heterocycles. The molecule has 2 aliphatic heterocycles. The molecule has 0 unspecified atom stereocenters. The van der Waals surface area contributed by atoms with Gasteiger partial charge < -0.3 is 14.4 Å². The zero-order valence-electron chi connectivity index (χ0n) is 12.4. The maximum absolute atomic E-state index is 12.4. The number of rotatable bonds is 1. The van der Waals surface area contributed by atoms with Crippen LogP contribution in [0, 0.1) is 0 Å². The van der Waals surface area contributed by atoms with Crippen LogP contribution in [0.5, 0.6) is 5.75 Å². The summed E-state index contributed by atoms with van der Waals surface area (Å²) in [5.74, 6) is 0.638. The van der Waals surface area contributed by atoms with Crippen LogP contribution in [0.2, 0.25) is 5.02 Å². The molecule has 0 N–H and O–H groups in total. The third kappa shape index (κ3) is 2.77. The Morgan fingerprint density at radius 1 is 1.41 bits per heavy atom. The Kier molecular flexibility index (Phi) is 4.00. The lowest BCUT2D eigenvalue weighted by molar-refractivity contribution is -0.00858. The van der Waals surface area contributed by atoms with Gasteiger partial charge in [0.15, 0.2) is 5.78 Å². The molecule has 1 amide bonds. The van der Waals surface area contributed by atoms with Gasteiger partial charge in [0.25, 0.3) is 0 Å². The summed E-state index contributed by atoms with van der Waals surface area (Å²) in [5, 5.41) is 0.531. The minimum atomic E-state index is -0.513. The van der Waals surface area contributed by atoms with Crippen molar-refractivity contribution >= 4 is 23.5 Å². The molecule has 2 heterocycles. The number of carbonyl (C=O) groups excluding carboxylic acids is 2. The number of halogens is 1. The Labute approximate surface area is 134 Å². The monoisotopic (exact) mass is 323 g/mol. The van der Waals surface area contributed by atoms with Crippen LogP contribution in [0.3, 0.4) is 0 Å². The van der Waals surface area contributed by atoms with E-state index in [0.29, 0.717) is 55.3 Å². The van der Waals surface area contributed by atoms with Crippen molar-refractivity contribution in [2.75, 3.05) is 19.7 Å². The average Bonchev–Trinajstić information content (AvgIpc) is 2.49. The second-order valence-electron chi connectivity index (χ2n) is 5.71. The van der Waals surface area contributed by atoms with Gasteiger partial charge in [0.2, 0.25) is 0 Å². The topological polar surface area (TPSA) is 55.8 Å². The Balaban J connectivity index is 1.73. The van der Waals surface area contributed by atoms with Crippen molar-refractivity contribution < 1.29 is 19.1 Å². The predicted molar refractivity (Wildman–Crippen MR) is 81.6 cm³/mol. The number of likely N-dealkylation sites (tertiary alicyclic amines) is 1. The van der Waals surface area contributed by atoms with Crippen molar-refractivity contribution in [3.8, 4) is 5.75 Å². The van der Waals surface area contributed by atoms with Gasteiger partial charge in [-0.15, -0.1) is 0 Å². The molecule has 0 bridgehead atoms. The Hall–Kier alpha value is -1.75. The predicted octanol–water partition coefficient (Wildman–Crippen LogP) is 3.30. The highest BCUT2D eigenvalue weighted by molar-refractivity contribution is 6.31. The van der Waals surface area contributed by atoms with Crippen molar-refractivity contribution in [1.29, 1.82) is 0 Å². The van der Waals surface area contributed by atoms with Gasteiger partial charge in [-0.3, -0.25) is 4.79 Å². The molecule has 1 aromatic rings. The first-order valence-corrected chi connectivity index (χ1v) is 7.84. The van der Waals surface area contributed by atoms with Gasteiger partial charge in [-0.1, -0.05) is 11.6 Å². The first-order chi connectivity index (χ1) is 10.5. The summed E-state index contributed by atoms with van der Waals surface area (Å²) < 4.78 is 11.1. The second kappa shape index (κ2) is 5.80. The van der Waals surface area contributed by atoms with Crippen LogP contribution >= 0.6 is 11.6 Å². The van der Waals surface area contributed by atoms with Crippen LogP contribution < -0.4 is 4.74 Å². The maximum Gasteiger partial charge on any atom is 0.409 e. The number of fused-ring (bicyclic) bond motifs is 1. The molecule has 0 saturated carbocycles. The van der Waals surface area contributed by atoms with Crippen LogP contribution in [-0.2, 0) is 4.74 Å². The highest BCUT2D eigenvalue weighted by Crippen LogP contribution is 2.40. The Bertz CT molecular complexity index is 608. The number of Topliss-reactive ketones (excluding diaryl/α,β-unsaturated/α-hetero) is 1. The molecule has 1 aromatic carbocycles. The van der Waals surface area contributed by atoms with Crippen LogP contribution in [0.15, 0.2) is 18.2 Å². The maximum atomic E-state index is 12.4. The Morgan fingerprint density at radius 2 is 2.14 bits per heavy atom. The molecule has 0 aliphatic carbocycles. The van der Waals surface area contributed by atoms with Crippen molar-refractivity contribution in [1.82, 2.24) is 4.90 Å². The number of nitrogens with zero attached hydrogens (tertiary/aromatic N) is 1. The summed E-state index contributed by atoms with van der Waals surface area (Å²) in [6.07, 6.45) is 1.28. The van der Waals surface area contributed by atoms with E-state index < -0.39 is 5.60 Å². The van der Waals surface area contributed by atoms with Gasteiger partial charge in [0, 0.05) is 31.0 Å². The van der Waals surface area contributed by atoms with E-state index in [1.165, 1.54) is 0 Å². The SMILES string of the molecule is CCOC(=O)N1CCC2(CC1)CC(=O)c1cc(Cl)ccc1O2. The van der Waals surface area contributed by atoms with Gasteiger partial charge in [-0.2, -0.15) is 0 Å². The number of ketones is 1. The number of hydrogen-bond acceptors (Lipinski definition) is 4. The molecule has 6 heteroatoms. The fourth-order valence-corrected chi connectivity index (χ4v) is 3.23. The van der Waals surface area contributed by atoms with E-state index in [1.807, 2.05) is 0 Å². The van der Waals surface area contributed by atoms with Crippen LogP contribution in [-0.4, -0.2) is 42.1 Å². The first kappa shape index (κ1) is 15.2. The molecule has 5 nitrogen and oxygen atoms in total. The molecule has 22 heavy (non-hydrogen) atoms. The van der Waals surface area contributed by atoms with Crippen molar-refractivity contribution in [2.24, 2.45) is 0 Å². The normalized spacial score (nSPS) is 19.5. The van der Waals surface area contributed by atoms with Crippen LogP contribution in [0.25, 0.3) is 0 Å². The lowest BCUT2D eigenvalue weighted by atomic mass is 9.82. The van der Waals surface area contributed by atoms with Gasteiger partial charge >= 0.3 is 6.09 Å². The van der Waals surface area contributed by atoms with Gasteiger partial charge in [0.05, 0.1) is 18.6 Å². The second-order valence-corrected chi connectivity index (χ2v) is 6.15. The summed E-state index contributed by atoms with van der Waals surface area (Å²) in [4.78, 5) is 25.8. The van der Waals surface area contributed by atoms with Gasteiger partial charge in [-0.05, 0) is 25.1 Å². The van der Waals surface area contributed by atoms with E-state index in [4.69, 9.17) is 21.1 Å². The number of carbonyl (C=O) groups is 2. The minimum absolute atomic E-state index is 0.0494. The quantitative estimate of drug-likeness (QED) is 0.795. The van der Waals surface area contributed by atoms with Crippen molar-refractivity contribution in [3.05, 3.63) is 28.8 Å². The Morgan fingerprint density at radius 3 is 2.82 bits per heavy atom. The molecular weight excluding hydrogens is 306 g/mol. The van der Waals surface area contributed by atoms with Gasteiger partial charge in [-0.25, -0.2) is 4.79 Å². The molecule has 3 rings (SSSR count). The van der Waals surface area contributed by atoms with E-state index in [0.717, 1.165) is 0 Å². The molecule has 1 saturated heterocycles. The number of piperidine rings is 1. The zero-order chi connectivity index (χ0) is 15.7. The standard InChI is InChI=1S/C16H18ClNO4/c1-2-21-15(20)18-7-5-16(6-8-18)10-13(19)12-9-11(17)3-4-14(12)22-16/h3-4,9H,2,5-8,10H2,1H3. The lowest BCUT2D eigenvalue weighted by Gasteiger charge is -2.43. The van der Waals surface area contributed by atoms with Crippen LogP contribution in [0.4, 0.5) is 4.79 Å². The fraction of sp³-hybridized carbons (Fsp3) is 0.500. The third-order valence-electron chi connectivity index (χ3n) is 4.25. The number of hydrogen-bond donors (Lipinski definition) is 0.